The second-order valence-corrected chi connectivity index (χ2v) is 5.20. The summed E-state index contributed by atoms with van der Waals surface area (Å²) in [7, 11) is 1.70. The Labute approximate surface area is 132 Å². The van der Waals surface area contributed by atoms with Gasteiger partial charge in [-0.1, -0.05) is 0 Å². The Hall–Kier alpha value is -2.90. The average Bonchev–Trinajstić information content (AvgIpc) is 3.21. The van der Waals surface area contributed by atoms with Crippen molar-refractivity contribution in [3.05, 3.63) is 35.8 Å². The van der Waals surface area contributed by atoms with Gasteiger partial charge in [0.25, 0.3) is 0 Å². The minimum Gasteiger partial charge on any atom is -0.410 e. The first-order chi connectivity index (χ1) is 11.2. The molecule has 2 heterocycles. The first kappa shape index (κ1) is 15.0. The van der Waals surface area contributed by atoms with Gasteiger partial charge in [-0.2, -0.15) is 5.21 Å². The fourth-order valence-corrected chi connectivity index (χ4v) is 2.25. The number of amides is 1. The molecular formula is C15H17N6O2-. The first-order valence-corrected chi connectivity index (χ1v) is 7.38. The highest BCUT2D eigenvalue weighted by atomic mass is 16.6. The highest BCUT2D eigenvalue weighted by molar-refractivity contribution is 5.85. The Morgan fingerprint density at radius 2 is 2.26 bits per heavy atom. The summed E-state index contributed by atoms with van der Waals surface area (Å²) < 4.78 is 5.33. The average molecular weight is 313 g/mol. The molecule has 0 saturated carbocycles. The summed E-state index contributed by atoms with van der Waals surface area (Å²) in [5, 5.41) is 15.7. The number of nitrogens with zero attached hydrogens (tertiary/aromatic N) is 5. The second-order valence-electron chi connectivity index (χ2n) is 5.20. The summed E-state index contributed by atoms with van der Waals surface area (Å²) in [5.41, 5.74) is 2.07. The third-order valence-electron chi connectivity index (χ3n) is 3.71. The molecule has 0 atom stereocenters. The molecular weight excluding hydrogens is 296 g/mol. The SMILES string of the molecule is CCN(C)C(=O)Oc1ccc2c(CCc3nnn[n-]3)c[nH]c2c1. The van der Waals surface area contributed by atoms with E-state index in [0.29, 0.717) is 24.5 Å². The number of H-pyrrole nitrogens is 1. The maximum Gasteiger partial charge on any atom is 0.414 e. The quantitative estimate of drug-likeness (QED) is 0.767. The van der Waals surface area contributed by atoms with Crippen molar-refractivity contribution < 1.29 is 9.53 Å². The lowest BCUT2D eigenvalue weighted by molar-refractivity contribution is 0.165. The van der Waals surface area contributed by atoms with Crippen molar-refractivity contribution in [3.63, 3.8) is 0 Å². The van der Waals surface area contributed by atoms with Crippen molar-refractivity contribution in [1.29, 1.82) is 0 Å². The molecule has 0 spiro atoms. The predicted octanol–water partition coefficient (Wildman–Crippen LogP) is 1.55. The molecule has 0 aliphatic rings. The van der Waals surface area contributed by atoms with E-state index in [1.165, 1.54) is 4.90 Å². The van der Waals surface area contributed by atoms with Crippen LogP contribution in [0.25, 0.3) is 10.9 Å². The molecule has 1 N–H and O–H groups in total. The normalized spacial score (nSPS) is 10.9. The first-order valence-electron chi connectivity index (χ1n) is 7.38. The zero-order valence-electron chi connectivity index (χ0n) is 13.0. The number of carbonyl (C=O) groups is 1. The highest BCUT2D eigenvalue weighted by Crippen LogP contribution is 2.24. The maximum absolute atomic E-state index is 11.8. The summed E-state index contributed by atoms with van der Waals surface area (Å²) in [6.07, 6.45) is 3.04. The van der Waals surface area contributed by atoms with Crippen LogP contribution < -0.4 is 9.84 Å². The minimum atomic E-state index is -0.369. The number of rotatable bonds is 5. The molecule has 0 aliphatic carbocycles. The van der Waals surface area contributed by atoms with E-state index in [2.05, 4.69) is 25.6 Å². The van der Waals surface area contributed by atoms with Gasteiger partial charge in [0.15, 0.2) is 0 Å². The van der Waals surface area contributed by atoms with E-state index in [9.17, 15) is 4.79 Å². The molecule has 0 unspecified atom stereocenters. The number of carbonyl (C=O) groups excluding carboxylic acids is 1. The zero-order valence-corrected chi connectivity index (χ0v) is 13.0. The molecule has 1 amide bonds. The molecule has 0 saturated heterocycles. The van der Waals surface area contributed by atoms with Crippen molar-refractivity contribution in [3.8, 4) is 5.75 Å². The monoisotopic (exact) mass is 313 g/mol. The molecule has 23 heavy (non-hydrogen) atoms. The zero-order chi connectivity index (χ0) is 16.2. The Balaban J connectivity index is 1.73. The number of fused-ring (bicyclic) bond motifs is 1. The number of aromatic amines is 1. The Morgan fingerprint density at radius 3 is 3.00 bits per heavy atom. The topological polar surface area (TPSA) is 98.1 Å². The van der Waals surface area contributed by atoms with Crippen LogP contribution >= 0.6 is 0 Å². The fraction of sp³-hybridized carbons (Fsp3) is 0.333. The van der Waals surface area contributed by atoms with Crippen molar-refractivity contribution in [2.24, 2.45) is 0 Å². The van der Waals surface area contributed by atoms with E-state index < -0.39 is 0 Å². The van der Waals surface area contributed by atoms with Crippen molar-refractivity contribution >= 4 is 17.0 Å². The van der Waals surface area contributed by atoms with E-state index in [1.807, 2.05) is 25.3 Å². The number of ether oxygens (including phenoxy) is 1. The van der Waals surface area contributed by atoms with Crippen LogP contribution in [0.1, 0.15) is 18.3 Å². The molecule has 0 bridgehead atoms. The van der Waals surface area contributed by atoms with Crippen LogP contribution in [0, 0.1) is 0 Å². The Bertz CT molecular complexity index is 796. The number of hydrogen-bond acceptors (Lipinski definition) is 5. The van der Waals surface area contributed by atoms with Crippen molar-refractivity contribution in [1.82, 2.24) is 30.5 Å². The van der Waals surface area contributed by atoms with Crippen LogP contribution in [0.15, 0.2) is 24.4 Å². The van der Waals surface area contributed by atoms with E-state index in [0.717, 1.165) is 22.9 Å². The molecule has 0 fully saturated rings. The largest absolute Gasteiger partial charge is 0.414 e. The van der Waals surface area contributed by atoms with Gasteiger partial charge in [0.2, 0.25) is 0 Å². The second kappa shape index (κ2) is 6.47. The lowest BCUT2D eigenvalue weighted by Gasteiger charge is -2.14. The number of tetrazole rings is 1. The Morgan fingerprint density at radius 1 is 1.39 bits per heavy atom. The molecule has 3 rings (SSSR count). The highest BCUT2D eigenvalue weighted by Gasteiger charge is 2.11. The third-order valence-corrected chi connectivity index (χ3v) is 3.71. The smallest absolute Gasteiger partial charge is 0.410 e. The number of aryl methyl sites for hydroxylation is 2. The van der Waals surface area contributed by atoms with Gasteiger partial charge in [-0.05, 0) is 37.5 Å². The van der Waals surface area contributed by atoms with Gasteiger partial charge < -0.3 is 19.7 Å². The molecule has 8 nitrogen and oxygen atoms in total. The third kappa shape index (κ3) is 3.31. The van der Waals surface area contributed by atoms with Crippen LogP contribution in [0.2, 0.25) is 0 Å². The number of nitrogens with one attached hydrogen (secondary N) is 1. The summed E-state index contributed by atoms with van der Waals surface area (Å²) in [6, 6.07) is 5.56. The van der Waals surface area contributed by atoms with Gasteiger partial charge in [0, 0.05) is 42.6 Å². The maximum atomic E-state index is 11.8. The summed E-state index contributed by atoms with van der Waals surface area (Å²) >= 11 is 0. The molecule has 0 radical (unpaired) electrons. The van der Waals surface area contributed by atoms with Crippen molar-refractivity contribution in [2.45, 2.75) is 19.8 Å². The van der Waals surface area contributed by atoms with E-state index in [4.69, 9.17) is 4.74 Å². The predicted molar refractivity (Wildman–Crippen MR) is 83.2 cm³/mol. The fourth-order valence-electron chi connectivity index (χ4n) is 2.25. The van der Waals surface area contributed by atoms with Gasteiger partial charge in [-0.25, -0.2) is 4.79 Å². The molecule has 0 aliphatic heterocycles. The van der Waals surface area contributed by atoms with E-state index in [-0.39, 0.29) is 6.09 Å². The van der Waals surface area contributed by atoms with Crippen molar-refractivity contribution in [2.75, 3.05) is 13.6 Å². The van der Waals surface area contributed by atoms with E-state index >= 15 is 0 Å². The molecule has 2 aromatic heterocycles. The standard InChI is InChI=1S/C15H17N6O2/c1-3-21(2)15(22)23-11-5-6-12-10(9-16-13(12)8-11)4-7-14-17-19-20-18-14/h5-6,8-9,16H,3-4,7H2,1-2H3/q-1. The molecule has 3 aromatic rings. The number of aromatic nitrogens is 5. The molecule has 1 aromatic carbocycles. The number of benzene rings is 1. The number of hydrogen-bond donors (Lipinski definition) is 1. The van der Waals surface area contributed by atoms with Gasteiger partial charge in [-0.3, -0.25) is 10.3 Å². The van der Waals surface area contributed by atoms with Crippen LogP contribution in [0.4, 0.5) is 4.79 Å². The Kier molecular flexibility index (Phi) is 4.22. The van der Waals surface area contributed by atoms with Crippen LogP contribution in [0.5, 0.6) is 5.75 Å². The van der Waals surface area contributed by atoms with E-state index in [1.54, 1.807) is 13.1 Å². The molecule has 8 heteroatoms. The summed E-state index contributed by atoms with van der Waals surface area (Å²) in [6.45, 7) is 2.49. The molecule has 120 valence electrons. The van der Waals surface area contributed by atoms with Crippen LogP contribution in [-0.2, 0) is 12.8 Å². The minimum absolute atomic E-state index is 0.369. The van der Waals surface area contributed by atoms with Gasteiger partial charge in [0.05, 0.1) is 0 Å². The van der Waals surface area contributed by atoms with Crippen LogP contribution in [0.3, 0.4) is 0 Å². The lowest BCUT2D eigenvalue weighted by Crippen LogP contribution is -2.29. The lowest BCUT2D eigenvalue weighted by atomic mass is 10.1. The van der Waals surface area contributed by atoms with Gasteiger partial charge in [0.1, 0.15) is 5.75 Å². The van der Waals surface area contributed by atoms with Gasteiger partial charge >= 0.3 is 6.09 Å². The van der Waals surface area contributed by atoms with Crippen LogP contribution in [-0.4, -0.2) is 45.1 Å². The summed E-state index contributed by atoms with van der Waals surface area (Å²) in [5.74, 6) is 1.15. The summed E-state index contributed by atoms with van der Waals surface area (Å²) in [4.78, 5) is 16.5. The van der Waals surface area contributed by atoms with Gasteiger partial charge in [-0.15, -0.1) is 0 Å².